The molecule has 2 unspecified atom stereocenters. The molecule has 4 aromatic rings. The van der Waals surface area contributed by atoms with Gasteiger partial charge in [-0.25, -0.2) is 19.9 Å². The highest BCUT2D eigenvalue weighted by molar-refractivity contribution is 6.02. The van der Waals surface area contributed by atoms with Crippen LogP contribution in [0.2, 0.25) is 0 Å². The molecule has 33 heavy (non-hydrogen) atoms. The van der Waals surface area contributed by atoms with E-state index in [4.69, 9.17) is 9.72 Å². The summed E-state index contributed by atoms with van der Waals surface area (Å²) in [4.78, 5) is 21.1. The van der Waals surface area contributed by atoms with E-state index in [-0.39, 0.29) is 6.04 Å². The third-order valence-corrected chi connectivity index (χ3v) is 6.80. The highest BCUT2D eigenvalue weighted by Gasteiger charge is 2.38. The van der Waals surface area contributed by atoms with Crippen molar-refractivity contribution in [3.8, 4) is 5.75 Å². The Balaban J connectivity index is 1.35. The van der Waals surface area contributed by atoms with E-state index in [1.54, 1.807) is 7.11 Å². The molecule has 0 aliphatic carbocycles. The third-order valence-electron chi connectivity index (χ3n) is 6.80. The highest BCUT2D eigenvalue weighted by atomic mass is 16.5. The van der Waals surface area contributed by atoms with E-state index < -0.39 is 0 Å². The van der Waals surface area contributed by atoms with Gasteiger partial charge in [-0.1, -0.05) is 0 Å². The lowest BCUT2D eigenvalue weighted by molar-refractivity contribution is 0.407. The quantitative estimate of drug-likeness (QED) is 0.482. The Labute approximate surface area is 192 Å². The van der Waals surface area contributed by atoms with Crippen LogP contribution in [0.1, 0.15) is 32.7 Å². The molecule has 0 saturated carbocycles. The minimum absolute atomic E-state index is 0.283. The Bertz CT molecular complexity index is 1320. The van der Waals surface area contributed by atoms with Crippen molar-refractivity contribution < 1.29 is 4.74 Å². The molecule has 3 aromatic heterocycles. The predicted molar refractivity (Wildman–Crippen MR) is 129 cm³/mol. The number of aromatic nitrogens is 5. The topological polar surface area (TPSA) is 93.0 Å². The molecule has 2 fully saturated rings. The molecule has 2 atom stereocenters. The maximum atomic E-state index is 5.77. The van der Waals surface area contributed by atoms with Gasteiger partial charge in [0.05, 0.1) is 36.4 Å². The number of piperazine rings is 1. The summed E-state index contributed by atoms with van der Waals surface area (Å²) >= 11 is 0. The Morgan fingerprint density at radius 3 is 2.67 bits per heavy atom. The van der Waals surface area contributed by atoms with Crippen LogP contribution in [0.4, 0.5) is 17.5 Å². The molecule has 0 radical (unpaired) electrons. The van der Waals surface area contributed by atoms with Crippen LogP contribution in [-0.4, -0.2) is 56.8 Å². The fourth-order valence-corrected chi connectivity index (χ4v) is 5.21. The van der Waals surface area contributed by atoms with Gasteiger partial charge in [-0.05, 0) is 38.8 Å². The van der Waals surface area contributed by atoms with Crippen molar-refractivity contribution in [1.82, 2.24) is 29.8 Å². The van der Waals surface area contributed by atoms with E-state index in [1.807, 2.05) is 36.9 Å². The number of anilines is 3. The normalized spacial score (nSPS) is 20.2. The van der Waals surface area contributed by atoms with E-state index in [1.165, 1.54) is 12.8 Å². The van der Waals surface area contributed by atoms with Gasteiger partial charge in [-0.2, -0.15) is 0 Å². The molecule has 2 aliphatic rings. The van der Waals surface area contributed by atoms with Crippen molar-refractivity contribution in [3.63, 3.8) is 0 Å². The van der Waals surface area contributed by atoms with Gasteiger partial charge < -0.3 is 24.8 Å². The third kappa shape index (κ3) is 3.34. The number of hydrogen-bond acceptors (Lipinski definition) is 8. The van der Waals surface area contributed by atoms with Crippen molar-refractivity contribution in [2.24, 2.45) is 0 Å². The Hall–Kier alpha value is -3.46. The van der Waals surface area contributed by atoms with Gasteiger partial charge in [-0.3, -0.25) is 0 Å². The number of nitrogens with one attached hydrogen (secondary N) is 2. The number of hydrogen-bond donors (Lipinski definition) is 2. The first-order valence-electron chi connectivity index (χ1n) is 11.5. The molecule has 170 valence electrons. The second-order valence-corrected chi connectivity index (χ2v) is 9.13. The van der Waals surface area contributed by atoms with Crippen LogP contribution in [0.3, 0.4) is 0 Å². The first-order chi connectivity index (χ1) is 16.1. The van der Waals surface area contributed by atoms with E-state index in [0.29, 0.717) is 23.8 Å². The van der Waals surface area contributed by atoms with Gasteiger partial charge in [0.2, 0.25) is 5.95 Å². The lowest BCUT2D eigenvalue weighted by Gasteiger charge is -2.37. The second kappa shape index (κ2) is 7.84. The molecular weight excluding hydrogens is 416 g/mol. The molecule has 2 bridgehead atoms. The summed E-state index contributed by atoms with van der Waals surface area (Å²) in [5, 5.41) is 7.77. The average molecular weight is 445 g/mol. The van der Waals surface area contributed by atoms with Crippen LogP contribution in [-0.2, 0) is 0 Å². The second-order valence-electron chi connectivity index (χ2n) is 9.13. The number of imidazole rings is 1. The molecular formula is C24H28N8O. The lowest BCUT2D eigenvalue weighted by atomic mass is 10.2. The fourth-order valence-electron chi connectivity index (χ4n) is 5.21. The standard InChI is InChI=1S/C24H28N8O/c1-14(2)31-13-28-18-7-4-15-9-27-24(30-22(15)23(18)31)29-21-8-20(33-3)19(12-26-21)32-16-5-6-17(32)11-25-10-16/h4,7-9,12-14,16-17,25H,5-6,10-11H2,1-3H3,(H,26,27,29,30). The van der Waals surface area contributed by atoms with Crippen LogP contribution < -0.4 is 20.3 Å². The van der Waals surface area contributed by atoms with Crippen molar-refractivity contribution in [2.75, 3.05) is 30.4 Å². The van der Waals surface area contributed by atoms with Crippen LogP contribution in [0.5, 0.6) is 5.75 Å². The summed E-state index contributed by atoms with van der Waals surface area (Å²) in [5.41, 5.74) is 3.87. The molecule has 6 rings (SSSR count). The lowest BCUT2D eigenvalue weighted by Crippen LogP contribution is -2.52. The molecule has 9 heteroatoms. The number of rotatable bonds is 5. The number of pyridine rings is 1. The molecule has 9 nitrogen and oxygen atoms in total. The predicted octanol–water partition coefficient (Wildman–Crippen LogP) is 3.65. The Morgan fingerprint density at radius 2 is 1.91 bits per heavy atom. The SMILES string of the molecule is COc1cc(Nc2ncc3ccc4ncn(C(C)C)c4c3n2)ncc1N1C2CCC1CNC2. The van der Waals surface area contributed by atoms with E-state index in [2.05, 4.69) is 48.9 Å². The summed E-state index contributed by atoms with van der Waals surface area (Å²) in [6, 6.07) is 7.23. The van der Waals surface area contributed by atoms with Gasteiger partial charge >= 0.3 is 0 Å². The van der Waals surface area contributed by atoms with Gasteiger partial charge in [0.25, 0.3) is 0 Å². The average Bonchev–Trinajstić information content (AvgIpc) is 3.37. The summed E-state index contributed by atoms with van der Waals surface area (Å²) in [6.45, 7) is 6.29. The number of methoxy groups -OCH3 is 1. The first-order valence-corrected chi connectivity index (χ1v) is 11.5. The maximum absolute atomic E-state index is 5.77. The number of nitrogens with zero attached hydrogens (tertiary/aromatic N) is 6. The van der Waals surface area contributed by atoms with Crippen molar-refractivity contribution in [2.45, 2.75) is 44.8 Å². The molecule has 2 aliphatic heterocycles. The van der Waals surface area contributed by atoms with E-state index >= 15 is 0 Å². The summed E-state index contributed by atoms with van der Waals surface area (Å²) in [7, 11) is 1.71. The van der Waals surface area contributed by atoms with Gasteiger partial charge in [0, 0.05) is 48.9 Å². The van der Waals surface area contributed by atoms with Gasteiger partial charge in [0.1, 0.15) is 17.1 Å². The smallest absolute Gasteiger partial charge is 0.228 e. The van der Waals surface area contributed by atoms with E-state index in [9.17, 15) is 0 Å². The molecule has 1 aromatic carbocycles. The fraction of sp³-hybridized carbons (Fsp3) is 0.417. The number of ether oxygens (including phenoxy) is 1. The molecule has 0 spiro atoms. The molecule has 2 saturated heterocycles. The first kappa shape index (κ1) is 20.2. The van der Waals surface area contributed by atoms with Gasteiger partial charge in [0.15, 0.2) is 0 Å². The van der Waals surface area contributed by atoms with Crippen molar-refractivity contribution in [1.29, 1.82) is 0 Å². The van der Waals surface area contributed by atoms with Gasteiger partial charge in [-0.15, -0.1) is 0 Å². The highest BCUT2D eigenvalue weighted by Crippen LogP contribution is 2.38. The molecule has 5 heterocycles. The van der Waals surface area contributed by atoms with Crippen molar-refractivity contribution in [3.05, 3.63) is 36.9 Å². The zero-order valence-electron chi connectivity index (χ0n) is 19.1. The summed E-state index contributed by atoms with van der Waals surface area (Å²) < 4.78 is 7.91. The van der Waals surface area contributed by atoms with E-state index in [0.717, 1.165) is 46.5 Å². The molecule has 0 amide bonds. The monoisotopic (exact) mass is 444 g/mol. The van der Waals surface area contributed by atoms with Crippen molar-refractivity contribution >= 4 is 39.4 Å². The van der Waals surface area contributed by atoms with Crippen LogP contribution in [0, 0.1) is 0 Å². The maximum Gasteiger partial charge on any atom is 0.228 e. The Kier molecular flexibility index (Phi) is 4.79. The molecule has 2 N–H and O–H groups in total. The minimum atomic E-state index is 0.283. The Morgan fingerprint density at radius 1 is 1.09 bits per heavy atom. The largest absolute Gasteiger partial charge is 0.494 e. The minimum Gasteiger partial charge on any atom is -0.494 e. The number of fused-ring (bicyclic) bond motifs is 5. The summed E-state index contributed by atoms with van der Waals surface area (Å²) in [5.74, 6) is 1.96. The van der Waals surface area contributed by atoms with Crippen LogP contribution in [0.15, 0.2) is 36.9 Å². The zero-order chi connectivity index (χ0) is 22.5. The van der Waals surface area contributed by atoms with Crippen LogP contribution >= 0.6 is 0 Å². The van der Waals surface area contributed by atoms with Crippen LogP contribution in [0.25, 0.3) is 21.9 Å². The summed E-state index contributed by atoms with van der Waals surface area (Å²) in [6.07, 6.45) is 8.02. The zero-order valence-corrected chi connectivity index (χ0v) is 19.1. The number of benzene rings is 1.